The molecule has 156 valence electrons. The predicted molar refractivity (Wildman–Crippen MR) is 115 cm³/mol. The van der Waals surface area contributed by atoms with Crippen LogP contribution in [0.3, 0.4) is 0 Å². The van der Waals surface area contributed by atoms with Gasteiger partial charge in [-0.05, 0) is 19.3 Å². The summed E-state index contributed by atoms with van der Waals surface area (Å²) in [7, 11) is 0. The highest BCUT2D eigenvalue weighted by molar-refractivity contribution is 5.72. The van der Waals surface area contributed by atoms with Crippen LogP contribution in [0.25, 0.3) is 0 Å². The van der Waals surface area contributed by atoms with Crippen molar-refractivity contribution in [1.29, 1.82) is 0 Å². The zero-order valence-corrected chi connectivity index (χ0v) is 18.3. The topological polar surface area (TPSA) is 26.3 Å². The first-order valence-electron chi connectivity index (χ1n) is 11.9. The molecule has 0 bridgehead atoms. The number of esters is 1. The van der Waals surface area contributed by atoms with E-state index in [2.05, 4.69) is 20.8 Å². The summed E-state index contributed by atoms with van der Waals surface area (Å²) >= 11 is 0. The average Bonchev–Trinajstić information content (AvgIpc) is 2.65. The molecule has 0 atom stereocenters. The molecule has 0 rings (SSSR count). The summed E-state index contributed by atoms with van der Waals surface area (Å²) in [5, 5.41) is 0. The fraction of sp³-hybridized carbons (Fsp3) is 0.958. The van der Waals surface area contributed by atoms with Gasteiger partial charge >= 0.3 is 5.97 Å². The predicted octanol–water partition coefficient (Wildman–Crippen LogP) is 8.23. The van der Waals surface area contributed by atoms with Gasteiger partial charge in [-0.2, -0.15) is 0 Å². The van der Waals surface area contributed by atoms with Crippen molar-refractivity contribution >= 4 is 5.97 Å². The second-order valence-corrected chi connectivity index (χ2v) is 7.98. The Morgan fingerprint density at radius 3 is 1.27 bits per heavy atom. The standard InChI is InChI=1S/C24H48O2/c1-4-7-8-9-10-11-12-13-14-15-16-17-18-19-20-21-22-26-24(25)23(5-2)6-3/h23H,4-22H2,1-3H3. The molecule has 0 radical (unpaired) electrons. The minimum absolute atomic E-state index is 0.0101. The summed E-state index contributed by atoms with van der Waals surface area (Å²) in [5.41, 5.74) is 0. The van der Waals surface area contributed by atoms with Gasteiger partial charge in [0.05, 0.1) is 12.5 Å². The van der Waals surface area contributed by atoms with E-state index >= 15 is 0 Å². The van der Waals surface area contributed by atoms with Crippen molar-refractivity contribution in [1.82, 2.24) is 0 Å². The molecule has 0 fully saturated rings. The molecule has 0 aromatic rings. The van der Waals surface area contributed by atoms with Gasteiger partial charge < -0.3 is 4.74 Å². The van der Waals surface area contributed by atoms with Crippen molar-refractivity contribution in [2.75, 3.05) is 6.61 Å². The van der Waals surface area contributed by atoms with Crippen molar-refractivity contribution < 1.29 is 9.53 Å². The highest BCUT2D eigenvalue weighted by Crippen LogP contribution is 2.14. The maximum Gasteiger partial charge on any atom is 0.308 e. The van der Waals surface area contributed by atoms with Gasteiger partial charge in [0.2, 0.25) is 0 Å². The van der Waals surface area contributed by atoms with Crippen molar-refractivity contribution in [3.63, 3.8) is 0 Å². The van der Waals surface area contributed by atoms with Gasteiger partial charge in [-0.25, -0.2) is 0 Å². The van der Waals surface area contributed by atoms with E-state index in [1.165, 1.54) is 96.3 Å². The molecular weight excluding hydrogens is 320 g/mol. The van der Waals surface area contributed by atoms with Crippen molar-refractivity contribution in [3.05, 3.63) is 0 Å². The van der Waals surface area contributed by atoms with E-state index in [-0.39, 0.29) is 11.9 Å². The number of hydrogen-bond donors (Lipinski definition) is 0. The lowest BCUT2D eigenvalue weighted by Crippen LogP contribution is -2.16. The molecule has 0 saturated heterocycles. The minimum Gasteiger partial charge on any atom is -0.465 e. The van der Waals surface area contributed by atoms with Crippen LogP contribution in [0, 0.1) is 5.92 Å². The van der Waals surface area contributed by atoms with Crippen LogP contribution >= 0.6 is 0 Å². The fourth-order valence-electron chi connectivity index (χ4n) is 3.56. The van der Waals surface area contributed by atoms with Gasteiger partial charge in [-0.3, -0.25) is 4.79 Å². The number of ether oxygens (including phenoxy) is 1. The number of carbonyl (C=O) groups excluding carboxylic acids is 1. The van der Waals surface area contributed by atoms with E-state index in [9.17, 15) is 4.79 Å². The lowest BCUT2D eigenvalue weighted by atomic mass is 10.0. The fourth-order valence-corrected chi connectivity index (χ4v) is 3.56. The number of unbranched alkanes of at least 4 members (excludes halogenated alkanes) is 15. The molecule has 0 heterocycles. The third kappa shape index (κ3) is 16.9. The summed E-state index contributed by atoms with van der Waals surface area (Å²) in [6.45, 7) is 7.02. The monoisotopic (exact) mass is 368 g/mol. The number of rotatable bonds is 20. The Balaban J connectivity index is 3.14. The second kappa shape index (κ2) is 20.8. The van der Waals surface area contributed by atoms with Crippen molar-refractivity contribution in [2.24, 2.45) is 5.92 Å². The normalized spacial score (nSPS) is 11.2. The molecule has 0 aromatic heterocycles. The Morgan fingerprint density at radius 2 is 0.923 bits per heavy atom. The minimum atomic E-state index is 0.0101. The van der Waals surface area contributed by atoms with Gasteiger partial charge in [-0.1, -0.05) is 117 Å². The Labute approximate surface area is 164 Å². The number of hydrogen-bond acceptors (Lipinski definition) is 2. The smallest absolute Gasteiger partial charge is 0.308 e. The molecule has 0 aliphatic carbocycles. The third-order valence-corrected chi connectivity index (χ3v) is 5.56. The highest BCUT2D eigenvalue weighted by atomic mass is 16.5. The van der Waals surface area contributed by atoms with Crippen LogP contribution in [-0.2, 0) is 9.53 Å². The van der Waals surface area contributed by atoms with Crippen LogP contribution in [0.15, 0.2) is 0 Å². The molecule has 0 N–H and O–H groups in total. The molecule has 26 heavy (non-hydrogen) atoms. The first kappa shape index (κ1) is 25.5. The van der Waals surface area contributed by atoms with Gasteiger partial charge in [0.1, 0.15) is 0 Å². The van der Waals surface area contributed by atoms with E-state index in [1.807, 2.05) is 0 Å². The number of carbonyl (C=O) groups is 1. The van der Waals surface area contributed by atoms with Crippen LogP contribution in [0.1, 0.15) is 136 Å². The molecule has 2 heteroatoms. The molecule has 0 aromatic carbocycles. The second-order valence-electron chi connectivity index (χ2n) is 7.98. The van der Waals surface area contributed by atoms with Crippen molar-refractivity contribution in [2.45, 2.75) is 136 Å². The van der Waals surface area contributed by atoms with Gasteiger partial charge in [0.25, 0.3) is 0 Å². The average molecular weight is 369 g/mol. The molecule has 0 amide bonds. The van der Waals surface area contributed by atoms with Crippen LogP contribution in [0.5, 0.6) is 0 Å². The summed E-state index contributed by atoms with van der Waals surface area (Å²) in [6.07, 6.45) is 23.8. The Morgan fingerprint density at radius 1 is 0.577 bits per heavy atom. The van der Waals surface area contributed by atoms with E-state index in [1.54, 1.807) is 0 Å². The van der Waals surface area contributed by atoms with E-state index < -0.39 is 0 Å². The lowest BCUT2D eigenvalue weighted by Gasteiger charge is -2.11. The molecule has 0 spiro atoms. The molecule has 0 aliphatic heterocycles. The Bertz CT molecular complexity index is 284. The van der Waals surface area contributed by atoms with E-state index in [0.29, 0.717) is 6.61 Å². The first-order valence-corrected chi connectivity index (χ1v) is 11.9. The van der Waals surface area contributed by atoms with Gasteiger partial charge in [0, 0.05) is 0 Å². The SMILES string of the molecule is CCCCCCCCCCCCCCCCCCOC(=O)C(CC)CC. The summed E-state index contributed by atoms with van der Waals surface area (Å²) in [5.74, 6) is 0.118. The van der Waals surface area contributed by atoms with Crippen LogP contribution in [0.4, 0.5) is 0 Å². The maximum atomic E-state index is 11.7. The third-order valence-electron chi connectivity index (χ3n) is 5.56. The maximum absolute atomic E-state index is 11.7. The zero-order valence-electron chi connectivity index (χ0n) is 18.3. The van der Waals surface area contributed by atoms with E-state index in [0.717, 1.165) is 19.3 Å². The summed E-state index contributed by atoms with van der Waals surface area (Å²) in [4.78, 5) is 11.7. The van der Waals surface area contributed by atoms with Crippen molar-refractivity contribution in [3.8, 4) is 0 Å². The van der Waals surface area contributed by atoms with Crippen LogP contribution in [0.2, 0.25) is 0 Å². The molecule has 0 aliphatic rings. The molecule has 0 saturated carbocycles. The summed E-state index contributed by atoms with van der Waals surface area (Å²) in [6, 6.07) is 0. The first-order chi connectivity index (χ1) is 12.8. The summed E-state index contributed by atoms with van der Waals surface area (Å²) < 4.78 is 5.37. The van der Waals surface area contributed by atoms with Crippen LogP contribution in [-0.4, -0.2) is 12.6 Å². The lowest BCUT2D eigenvalue weighted by molar-refractivity contribution is -0.148. The van der Waals surface area contributed by atoms with E-state index in [4.69, 9.17) is 4.74 Å². The van der Waals surface area contributed by atoms with Gasteiger partial charge in [0.15, 0.2) is 0 Å². The quantitative estimate of drug-likeness (QED) is 0.160. The van der Waals surface area contributed by atoms with Gasteiger partial charge in [-0.15, -0.1) is 0 Å². The molecule has 0 unspecified atom stereocenters. The zero-order chi connectivity index (χ0) is 19.3. The van der Waals surface area contributed by atoms with Crippen LogP contribution < -0.4 is 0 Å². The Hall–Kier alpha value is -0.530. The highest BCUT2D eigenvalue weighted by Gasteiger charge is 2.14. The Kier molecular flexibility index (Phi) is 20.4. The molecule has 2 nitrogen and oxygen atoms in total. The largest absolute Gasteiger partial charge is 0.465 e. The molecular formula is C24H48O2.